The molecule has 0 radical (unpaired) electrons. The summed E-state index contributed by atoms with van der Waals surface area (Å²) in [6.45, 7) is 3.76. The first-order valence-electron chi connectivity index (χ1n) is 10.6. The molecule has 4 rings (SSSR count). The van der Waals surface area contributed by atoms with Crippen molar-refractivity contribution in [3.8, 4) is 11.5 Å². The van der Waals surface area contributed by atoms with E-state index in [1.54, 1.807) is 38.7 Å². The lowest BCUT2D eigenvalue weighted by atomic mass is 9.96. The van der Waals surface area contributed by atoms with E-state index in [1.807, 2.05) is 42.5 Å². The Morgan fingerprint density at radius 1 is 1.21 bits per heavy atom. The van der Waals surface area contributed by atoms with Crippen LogP contribution in [-0.4, -0.2) is 31.4 Å². The number of carbonyl (C=O) groups excluding carboxylic acids is 1. The van der Waals surface area contributed by atoms with E-state index in [0.717, 1.165) is 14.7 Å². The molecule has 0 aliphatic carbocycles. The second-order valence-electron chi connectivity index (χ2n) is 7.45. The van der Waals surface area contributed by atoms with Crippen molar-refractivity contribution in [2.24, 2.45) is 4.99 Å². The zero-order valence-corrected chi connectivity index (χ0v) is 22.1. The Morgan fingerprint density at radius 2 is 1.94 bits per heavy atom. The number of ether oxygens (including phenoxy) is 3. The molecule has 176 valence electrons. The van der Waals surface area contributed by atoms with Crippen LogP contribution in [0, 0.1) is 3.57 Å². The first-order valence-corrected chi connectivity index (χ1v) is 12.4. The van der Waals surface area contributed by atoms with E-state index in [9.17, 15) is 9.59 Å². The second-order valence-corrected chi connectivity index (χ2v) is 9.62. The molecule has 34 heavy (non-hydrogen) atoms. The lowest BCUT2D eigenvalue weighted by molar-refractivity contribution is -0.139. The van der Waals surface area contributed by atoms with Crippen LogP contribution in [0.4, 0.5) is 0 Å². The number of thiazole rings is 1. The van der Waals surface area contributed by atoms with Gasteiger partial charge in [0.1, 0.15) is 0 Å². The number of methoxy groups -OCH3 is 2. The molecule has 7 nitrogen and oxygen atoms in total. The number of fused-ring (bicyclic) bond motifs is 1. The monoisotopic (exact) mass is 590 g/mol. The van der Waals surface area contributed by atoms with Gasteiger partial charge in [-0.05, 0) is 65.8 Å². The van der Waals surface area contributed by atoms with Crippen molar-refractivity contribution in [3.05, 3.63) is 88.1 Å². The van der Waals surface area contributed by atoms with Gasteiger partial charge in [0.25, 0.3) is 5.56 Å². The number of esters is 1. The van der Waals surface area contributed by atoms with Gasteiger partial charge in [0.05, 0.1) is 46.2 Å². The minimum Gasteiger partial charge on any atom is -0.493 e. The van der Waals surface area contributed by atoms with E-state index in [1.165, 1.54) is 11.3 Å². The maximum atomic E-state index is 13.6. The molecule has 1 aromatic heterocycles. The third-order valence-electron chi connectivity index (χ3n) is 5.39. The van der Waals surface area contributed by atoms with Crippen LogP contribution in [0.5, 0.6) is 11.5 Å². The molecule has 9 heteroatoms. The van der Waals surface area contributed by atoms with E-state index >= 15 is 0 Å². The fourth-order valence-corrected chi connectivity index (χ4v) is 5.81. The average Bonchev–Trinajstić information content (AvgIpc) is 3.12. The van der Waals surface area contributed by atoms with E-state index in [0.29, 0.717) is 32.1 Å². The van der Waals surface area contributed by atoms with Gasteiger partial charge in [0.15, 0.2) is 16.3 Å². The molecule has 0 N–H and O–H groups in total. The molecule has 1 unspecified atom stereocenters. The third kappa shape index (κ3) is 4.41. The van der Waals surface area contributed by atoms with Gasteiger partial charge in [-0.2, -0.15) is 0 Å². The Hall–Kier alpha value is -2.92. The molecular formula is C25H23IN2O5S. The van der Waals surface area contributed by atoms with Gasteiger partial charge >= 0.3 is 5.97 Å². The SMILES string of the molecule is CCOC(=O)C1=C(C)N=c2s/c(=C/c3cc(I)c(OC)c(OC)c3)c(=O)n2C1c1ccccc1. The maximum Gasteiger partial charge on any atom is 0.338 e. The number of hydrogen-bond acceptors (Lipinski definition) is 7. The van der Waals surface area contributed by atoms with Crippen LogP contribution >= 0.6 is 33.9 Å². The lowest BCUT2D eigenvalue weighted by Crippen LogP contribution is -2.39. The molecule has 0 saturated heterocycles. The Bertz CT molecular complexity index is 1460. The van der Waals surface area contributed by atoms with Crippen LogP contribution in [0.25, 0.3) is 6.08 Å². The van der Waals surface area contributed by atoms with E-state index < -0.39 is 12.0 Å². The van der Waals surface area contributed by atoms with Crippen molar-refractivity contribution in [2.45, 2.75) is 19.9 Å². The normalized spacial score (nSPS) is 15.6. The van der Waals surface area contributed by atoms with Crippen LogP contribution < -0.4 is 24.4 Å². The highest BCUT2D eigenvalue weighted by molar-refractivity contribution is 14.1. The number of halogens is 1. The quantitative estimate of drug-likeness (QED) is 0.325. The van der Waals surface area contributed by atoms with Crippen molar-refractivity contribution in [2.75, 3.05) is 20.8 Å². The smallest absolute Gasteiger partial charge is 0.338 e. The summed E-state index contributed by atoms with van der Waals surface area (Å²) in [5, 5.41) is 0. The van der Waals surface area contributed by atoms with Crippen LogP contribution in [0.3, 0.4) is 0 Å². The van der Waals surface area contributed by atoms with Crippen LogP contribution in [0.1, 0.15) is 31.0 Å². The molecule has 2 aromatic carbocycles. The van der Waals surface area contributed by atoms with E-state index in [-0.39, 0.29) is 12.2 Å². The summed E-state index contributed by atoms with van der Waals surface area (Å²) in [6, 6.07) is 12.6. The van der Waals surface area contributed by atoms with Gasteiger partial charge in [-0.25, -0.2) is 9.79 Å². The summed E-state index contributed by atoms with van der Waals surface area (Å²) in [4.78, 5) is 31.7. The van der Waals surface area contributed by atoms with Gasteiger partial charge in [-0.15, -0.1) is 0 Å². The Morgan fingerprint density at radius 3 is 2.59 bits per heavy atom. The van der Waals surface area contributed by atoms with Gasteiger partial charge in [-0.1, -0.05) is 41.7 Å². The molecule has 0 amide bonds. The standard InChI is InChI=1S/C25H23IN2O5S/c1-5-33-24(30)20-14(2)27-25-28(21(20)16-9-7-6-8-10-16)23(29)19(34-25)13-15-11-17(26)22(32-4)18(12-15)31-3/h6-13,21H,5H2,1-4H3/b19-13+. The number of aromatic nitrogens is 1. The second kappa shape index (κ2) is 10.1. The summed E-state index contributed by atoms with van der Waals surface area (Å²) < 4.78 is 19.1. The number of nitrogens with zero attached hydrogens (tertiary/aromatic N) is 2. The molecule has 1 aliphatic heterocycles. The largest absolute Gasteiger partial charge is 0.493 e. The molecule has 2 heterocycles. The van der Waals surface area contributed by atoms with E-state index in [2.05, 4.69) is 27.6 Å². The number of allylic oxidation sites excluding steroid dienone is 1. The highest BCUT2D eigenvalue weighted by Crippen LogP contribution is 2.34. The summed E-state index contributed by atoms with van der Waals surface area (Å²) >= 11 is 3.46. The molecule has 1 aliphatic rings. The molecule has 0 saturated carbocycles. The molecule has 0 fully saturated rings. The third-order valence-corrected chi connectivity index (χ3v) is 7.17. The highest BCUT2D eigenvalue weighted by atomic mass is 127. The van der Waals surface area contributed by atoms with Crippen molar-refractivity contribution in [1.82, 2.24) is 4.57 Å². The average molecular weight is 590 g/mol. The predicted molar refractivity (Wildman–Crippen MR) is 139 cm³/mol. The minimum atomic E-state index is -0.621. The van der Waals surface area contributed by atoms with Gasteiger partial charge in [-0.3, -0.25) is 9.36 Å². The van der Waals surface area contributed by atoms with Crippen molar-refractivity contribution in [1.29, 1.82) is 0 Å². The van der Waals surface area contributed by atoms with Crippen molar-refractivity contribution < 1.29 is 19.0 Å². The van der Waals surface area contributed by atoms with Crippen molar-refractivity contribution >= 4 is 46.0 Å². The Balaban J connectivity index is 1.94. The number of hydrogen-bond donors (Lipinski definition) is 0. The molecule has 1 atom stereocenters. The lowest BCUT2D eigenvalue weighted by Gasteiger charge is -2.24. The summed E-state index contributed by atoms with van der Waals surface area (Å²) in [7, 11) is 3.16. The summed E-state index contributed by atoms with van der Waals surface area (Å²) in [5.74, 6) is 0.748. The Kier molecular flexibility index (Phi) is 7.22. The van der Waals surface area contributed by atoms with Gasteiger partial charge < -0.3 is 14.2 Å². The van der Waals surface area contributed by atoms with Crippen LogP contribution in [0.2, 0.25) is 0 Å². The molecule has 0 spiro atoms. The van der Waals surface area contributed by atoms with Gasteiger partial charge in [0.2, 0.25) is 0 Å². The topological polar surface area (TPSA) is 79.1 Å². The van der Waals surface area contributed by atoms with Crippen LogP contribution in [0.15, 0.2) is 63.5 Å². The summed E-state index contributed by atoms with van der Waals surface area (Å²) in [6.07, 6.45) is 1.80. The highest BCUT2D eigenvalue weighted by Gasteiger charge is 2.33. The molecule has 0 bridgehead atoms. The minimum absolute atomic E-state index is 0.225. The fraction of sp³-hybridized carbons (Fsp3) is 0.240. The summed E-state index contributed by atoms with van der Waals surface area (Å²) in [5.41, 5.74) is 2.29. The number of rotatable bonds is 6. The first kappa shape index (κ1) is 24.2. The van der Waals surface area contributed by atoms with Crippen molar-refractivity contribution in [3.63, 3.8) is 0 Å². The predicted octanol–water partition coefficient (Wildman–Crippen LogP) is 3.42. The molecule has 3 aromatic rings. The van der Waals surface area contributed by atoms with Crippen LogP contribution in [-0.2, 0) is 9.53 Å². The van der Waals surface area contributed by atoms with Gasteiger partial charge in [0, 0.05) is 0 Å². The zero-order valence-electron chi connectivity index (χ0n) is 19.1. The molecular weight excluding hydrogens is 567 g/mol. The fourth-order valence-electron chi connectivity index (χ4n) is 3.91. The Labute approximate surface area is 214 Å². The maximum absolute atomic E-state index is 13.6. The first-order chi connectivity index (χ1) is 16.4. The van der Waals surface area contributed by atoms with E-state index in [4.69, 9.17) is 14.2 Å². The number of carbonyl (C=O) groups is 1. The number of benzene rings is 2. The zero-order chi connectivity index (χ0) is 24.4.